The molecule has 31 heavy (non-hydrogen) atoms. The van der Waals surface area contributed by atoms with E-state index in [4.69, 9.17) is 4.42 Å². The smallest absolute Gasteiger partial charge is 0.270 e. The second-order valence-corrected chi connectivity index (χ2v) is 9.42. The van der Waals surface area contributed by atoms with E-state index in [2.05, 4.69) is 9.88 Å². The van der Waals surface area contributed by atoms with Crippen LogP contribution in [0.1, 0.15) is 5.89 Å². The third-order valence-corrected chi connectivity index (χ3v) is 6.37. The van der Waals surface area contributed by atoms with Gasteiger partial charge in [0.15, 0.2) is 9.84 Å². The van der Waals surface area contributed by atoms with Gasteiger partial charge in [0.1, 0.15) is 12.0 Å². The lowest BCUT2D eigenvalue weighted by Crippen LogP contribution is -2.46. The summed E-state index contributed by atoms with van der Waals surface area (Å²) in [5.74, 6) is 0.625. The van der Waals surface area contributed by atoms with E-state index >= 15 is 0 Å². The highest BCUT2D eigenvalue weighted by Gasteiger charge is 2.25. The topological polar surface area (TPSA) is 110 Å². The van der Waals surface area contributed by atoms with Crippen molar-refractivity contribution in [3.05, 3.63) is 70.8 Å². The van der Waals surface area contributed by atoms with Gasteiger partial charge >= 0.3 is 0 Å². The zero-order valence-corrected chi connectivity index (χ0v) is 17.8. The number of oxazole rings is 1. The van der Waals surface area contributed by atoms with Crippen molar-refractivity contribution in [1.29, 1.82) is 0 Å². The van der Waals surface area contributed by atoms with Gasteiger partial charge in [-0.15, -0.1) is 0 Å². The van der Waals surface area contributed by atoms with E-state index in [0.717, 1.165) is 23.6 Å². The van der Waals surface area contributed by atoms with E-state index < -0.39 is 14.8 Å². The Balaban J connectivity index is 1.44. The second-order valence-electron chi connectivity index (χ2n) is 7.44. The number of nitro benzene ring substituents is 1. The average molecular weight is 442 g/mol. The molecule has 1 saturated heterocycles. The number of nitrogens with zero attached hydrogens (tertiary/aromatic N) is 4. The molecule has 1 aromatic heterocycles. The van der Waals surface area contributed by atoms with Crippen molar-refractivity contribution in [3.8, 4) is 11.3 Å². The van der Waals surface area contributed by atoms with Crippen LogP contribution in [0.25, 0.3) is 11.3 Å². The summed E-state index contributed by atoms with van der Waals surface area (Å²) in [6.45, 7) is 3.10. The molecule has 0 radical (unpaired) electrons. The predicted molar refractivity (Wildman–Crippen MR) is 116 cm³/mol. The normalized spacial score (nSPS) is 15.2. The molecule has 4 rings (SSSR count). The largest absolute Gasteiger partial charge is 0.447 e. The fraction of sp³-hybridized carbons (Fsp3) is 0.286. The number of benzene rings is 2. The minimum Gasteiger partial charge on any atom is -0.447 e. The first kappa shape index (κ1) is 21.0. The molecule has 1 aliphatic rings. The number of hydrogen-bond acceptors (Lipinski definition) is 8. The lowest BCUT2D eigenvalue weighted by Gasteiger charge is -2.36. The van der Waals surface area contributed by atoms with Crippen LogP contribution in [0.2, 0.25) is 0 Å². The number of sulfone groups is 1. The highest BCUT2D eigenvalue weighted by molar-refractivity contribution is 7.90. The Kier molecular flexibility index (Phi) is 5.75. The molecular weight excluding hydrogens is 420 g/mol. The van der Waals surface area contributed by atoms with Crippen LogP contribution >= 0.6 is 0 Å². The molecule has 9 nitrogen and oxygen atoms in total. The first-order valence-electron chi connectivity index (χ1n) is 9.77. The molecule has 2 heterocycles. The van der Waals surface area contributed by atoms with Gasteiger partial charge in [-0.25, -0.2) is 13.4 Å². The Labute approximate surface area is 180 Å². The van der Waals surface area contributed by atoms with Gasteiger partial charge in [-0.3, -0.25) is 15.0 Å². The van der Waals surface area contributed by atoms with Gasteiger partial charge in [0.2, 0.25) is 5.89 Å². The van der Waals surface area contributed by atoms with E-state index in [0.29, 0.717) is 44.3 Å². The highest BCUT2D eigenvalue weighted by atomic mass is 32.2. The van der Waals surface area contributed by atoms with Crippen LogP contribution in [0.3, 0.4) is 0 Å². The number of piperazine rings is 1. The average Bonchev–Trinajstić information content (AvgIpc) is 3.22. The zero-order valence-electron chi connectivity index (χ0n) is 17.0. The fourth-order valence-electron chi connectivity index (χ4n) is 3.64. The minimum absolute atomic E-state index is 0.0182. The Morgan fingerprint density at radius 1 is 1.10 bits per heavy atom. The predicted octanol–water partition coefficient (Wildman–Crippen LogP) is 2.98. The number of aromatic nitrogens is 1. The van der Waals surface area contributed by atoms with E-state index in [-0.39, 0.29) is 10.6 Å². The highest BCUT2D eigenvalue weighted by Crippen LogP contribution is 2.30. The molecule has 0 spiro atoms. The molecule has 0 unspecified atom stereocenters. The Morgan fingerprint density at radius 2 is 1.81 bits per heavy atom. The van der Waals surface area contributed by atoms with Gasteiger partial charge in [0.25, 0.3) is 5.69 Å². The summed E-state index contributed by atoms with van der Waals surface area (Å²) < 4.78 is 30.1. The molecule has 0 N–H and O–H groups in total. The number of nitro groups is 1. The number of rotatable bonds is 6. The van der Waals surface area contributed by atoms with Crippen molar-refractivity contribution in [1.82, 2.24) is 9.88 Å². The Hall–Kier alpha value is -3.24. The SMILES string of the molecule is CS(=O)(=O)c1cc([N+](=O)[O-])ccc1N1CCN(Cc2nc(-c3ccccc3)co2)CC1. The van der Waals surface area contributed by atoms with Gasteiger partial charge in [-0.1, -0.05) is 30.3 Å². The number of anilines is 1. The fourth-order valence-corrected chi connectivity index (χ4v) is 4.55. The molecule has 2 aromatic carbocycles. The summed E-state index contributed by atoms with van der Waals surface area (Å²) in [5.41, 5.74) is 2.04. The van der Waals surface area contributed by atoms with E-state index in [1.165, 1.54) is 12.1 Å². The summed E-state index contributed by atoms with van der Waals surface area (Å²) in [6, 6.07) is 13.8. The molecule has 0 aliphatic carbocycles. The molecule has 162 valence electrons. The van der Waals surface area contributed by atoms with Crippen LogP contribution in [0.4, 0.5) is 11.4 Å². The molecule has 0 atom stereocenters. The standard InChI is InChI=1S/C21H22N4O5S/c1-31(28,29)20-13-17(25(26)27)7-8-19(20)24-11-9-23(10-12-24)14-21-22-18(15-30-21)16-5-3-2-4-6-16/h2-8,13,15H,9-12,14H2,1H3. The van der Waals surface area contributed by atoms with Crippen molar-refractivity contribution in [2.24, 2.45) is 0 Å². The van der Waals surface area contributed by atoms with Crippen LogP contribution in [0, 0.1) is 10.1 Å². The molecule has 0 bridgehead atoms. The van der Waals surface area contributed by atoms with Gasteiger partial charge in [-0.2, -0.15) is 0 Å². The van der Waals surface area contributed by atoms with Crippen LogP contribution in [0.5, 0.6) is 0 Å². The maximum absolute atomic E-state index is 12.2. The van der Waals surface area contributed by atoms with Crippen LogP contribution in [0.15, 0.2) is 64.1 Å². The molecule has 1 fully saturated rings. The summed E-state index contributed by atoms with van der Waals surface area (Å²) in [4.78, 5) is 19.1. The lowest BCUT2D eigenvalue weighted by molar-refractivity contribution is -0.385. The summed E-state index contributed by atoms with van der Waals surface area (Å²) in [7, 11) is -3.61. The summed E-state index contributed by atoms with van der Waals surface area (Å²) >= 11 is 0. The van der Waals surface area contributed by atoms with Gasteiger partial charge in [0, 0.05) is 50.1 Å². The molecule has 0 amide bonds. The minimum atomic E-state index is -3.61. The Morgan fingerprint density at radius 3 is 2.45 bits per heavy atom. The maximum atomic E-state index is 12.2. The van der Waals surface area contributed by atoms with Crippen molar-refractivity contribution in [2.45, 2.75) is 11.4 Å². The van der Waals surface area contributed by atoms with Crippen LogP contribution in [-0.2, 0) is 16.4 Å². The van der Waals surface area contributed by atoms with E-state index in [9.17, 15) is 18.5 Å². The molecule has 3 aromatic rings. The first-order chi connectivity index (χ1) is 14.8. The van der Waals surface area contributed by atoms with Crippen molar-refractivity contribution >= 4 is 21.2 Å². The summed E-state index contributed by atoms with van der Waals surface area (Å²) in [5, 5.41) is 11.1. The van der Waals surface area contributed by atoms with Crippen molar-refractivity contribution in [2.75, 3.05) is 37.3 Å². The quantitative estimate of drug-likeness (QED) is 0.423. The molecule has 0 saturated carbocycles. The Bertz CT molecular complexity index is 1190. The molecular formula is C21H22N4O5S. The monoisotopic (exact) mass is 442 g/mol. The van der Waals surface area contributed by atoms with Gasteiger partial charge < -0.3 is 9.32 Å². The maximum Gasteiger partial charge on any atom is 0.270 e. The van der Waals surface area contributed by atoms with Crippen LogP contribution < -0.4 is 4.90 Å². The number of non-ortho nitro benzene ring substituents is 1. The third kappa shape index (κ3) is 4.75. The van der Waals surface area contributed by atoms with Crippen molar-refractivity contribution < 1.29 is 17.8 Å². The third-order valence-electron chi connectivity index (χ3n) is 5.25. The van der Waals surface area contributed by atoms with Crippen molar-refractivity contribution in [3.63, 3.8) is 0 Å². The molecule has 1 aliphatic heterocycles. The number of hydrogen-bond donors (Lipinski definition) is 0. The zero-order chi connectivity index (χ0) is 22.0. The summed E-state index contributed by atoms with van der Waals surface area (Å²) in [6.07, 6.45) is 2.72. The van der Waals surface area contributed by atoms with E-state index in [1.807, 2.05) is 35.2 Å². The van der Waals surface area contributed by atoms with E-state index in [1.54, 1.807) is 6.26 Å². The lowest BCUT2D eigenvalue weighted by atomic mass is 10.2. The molecule has 10 heteroatoms. The van der Waals surface area contributed by atoms with Gasteiger partial charge in [0.05, 0.1) is 22.1 Å². The first-order valence-corrected chi connectivity index (χ1v) is 11.7. The van der Waals surface area contributed by atoms with Gasteiger partial charge in [-0.05, 0) is 6.07 Å². The van der Waals surface area contributed by atoms with Crippen LogP contribution in [-0.4, -0.2) is 55.7 Å². The second kappa shape index (κ2) is 8.48.